The Morgan fingerprint density at radius 3 is 2.48 bits per heavy atom. The molecule has 3 rings (SSSR count). The second kappa shape index (κ2) is 12.7. The summed E-state index contributed by atoms with van der Waals surface area (Å²) in [5.41, 5.74) is 1.23. The van der Waals surface area contributed by atoms with E-state index in [0.29, 0.717) is 6.54 Å². The molecular formula is C21H30IN5OS. The molecule has 0 bridgehead atoms. The van der Waals surface area contributed by atoms with Crippen LogP contribution in [0.1, 0.15) is 12.5 Å². The number of aliphatic imine (C=N–C) groups is 1. The standard InChI is InChI=1S/C21H29N5OS.HI/c1-2-22-21(26-14-12-25(13-15-26)20-9-6-16-28-20)24-17-19(27)23-11-10-18-7-4-3-5-8-18;/h3-9,16H,2,10-15,17H2,1H3,(H,22,24)(H,23,27);1H. The number of nitrogens with zero attached hydrogens (tertiary/aromatic N) is 3. The Bertz CT molecular complexity index is 746. The van der Waals surface area contributed by atoms with Crippen LogP contribution >= 0.6 is 35.3 Å². The number of guanidine groups is 1. The zero-order valence-corrected chi connectivity index (χ0v) is 20.0. The average Bonchev–Trinajstić information content (AvgIpc) is 3.27. The average molecular weight is 527 g/mol. The molecule has 6 nitrogen and oxygen atoms in total. The number of halogens is 1. The van der Waals surface area contributed by atoms with Gasteiger partial charge in [0.05, 0.1) is 5.00 Å². The normalized spacial score (nSPS) is 14.3. The number of hydrogen-bond donors (Lipinski definition) is 2. The third kappa shape index (κ3) is 7.50. The molecule has 1 aromatic carbocycles. The molecule has 0 atom stereocenters. The number of amides is 1. The number of rotatable bonds is 7. The number of thiophene rings is 1. The van der Waals surface area contributed by atoms with Gasteiger partial charge in [0.25, 0.3) is 0 Å². The maximum absolute atomic E-state index is 12.2. The van der Waals surface area contributed by atoms with E-state index in [-0.39, 0.29) is 36.4 Å². The third-order valence-electron chi connectivity index (χ3n) is 4.68. The van der Waals surface area contributed by atoms with E-state index in [1.54, 1.807) is 11.3 Å². The lowest BCUT2D eigenvalue weighted by Crippen LogP contribution is -2.52. The van der Waals surface area contributed by atoms with Gasteiger partial charge in [-0.3, -0.25) is 4.79 Å². The van der Waals surface area contributed by atoms with Crippen LogP contribution in [-0.2, 0) is 11.2 Å². The van der Waals surface area contributed by atoms with Crippen LogP contribution in [0.25, 0.3) is 0 Å². The molecule has 1 aliphatic rings. The lowest BCUT2D eigenvalue weighted by molar-refractivity contribution is -0.119. The monoisotopic (exact) mass is 527 g/mol. The van der Waals surface area contributed by atoms with Crippen LogP contribution in [0.4, 0.5) is 5.00 Å². The highest BCUT2D eigenvalue weighted by atomic mass is 127. The topological polar surface area (TPSA) is 60.0 Å². The molecule has 0 aliphatic carbocycles. The van der Waals surface area contributed by atoms with Gasteiger partial charge in [-0.05, 0) is 36.4 Å². The van der Waals surface area contributed by atoms with E-state index in [2.05, 4.69) is 62.0 Å². The second-order valence-electron chi connectivity index (χ2n) is 6.68. The Balaban J connectivity index is 0.00000300. The third-order valence-corrected chi connectivity index (χ3v) is 5.61. The summed E-state index contributed by atoms with van der Waals surface area (Å²) in [4.78, 5) is 21.4. The van der Waals surface area contributed by atoms with Crippen molar-refractivity contribution < 1.29 is 4.79 Å². The van der Waals surface area contributed by atoms with E-state index in [4.69, 9.17) is 0 Å². The van der Waals surface area contributed by atoms with Crippen molar-refractivity contribution in [1.29, 1.82) is 0 Å². The number of nitrogens with one attached hydrogen (secondary N) is 2. The zero-order chi connectivity index (χ0) is 19.6. The molecule has 1 aliphatic heterocycles. The predicted octanol–water partition coefficient (Wildman–Crippen LogP) is 2.81. The predicted molar refractivity (Wildman–Crippen MR) is 133 cm³/mol. The Morgan fingerprint density at radius 1 is 1.07 bits per heavy atom. The fraction of sp³-hybridized carbons (Fsp3) is 0.429. The van der Waals surface area contributed by atoms with Gasteiger partial charge in [0, 0.05) is 39.3 Å². The Hall–Kier alpha value is -1.81. The minimum absolute atomic E-state index is 0. The van der Waals surface area contributed by atoms with Gasteiger partial charge in [-0.2, -0.15) is 0 Å². The summed E-state index contributed by atoms with van der Waals surface area (Å²) in [7, 11) is 0. The first-order valence-corrected chi connectivity index (χ1v) is 10.8. The summed E-state index contributed by atoms with van der Waals surface area (Å²) in [6, 6.07) is 14.4. The van der Waals surface area contributed by atoms with Gasteiger partial charge < -0.3 is 20.4 Å². The number of piperazine rings is 1. The van der Waals surface area contributed by atoms with E-state index in [1.165, 1.54) is 10.6 Å². The van der Waals surface area contributed by atoms with E-state index in [0.717, 1.165) is 45.1 Å². The number of hydrogen-bond acceptors (Lipinski definition) is 4. The van der Waals surface area contributed by atoms with Gasteiger partial charge in [-0.15, -0.1) is 35.3 Å². The van der Waals surface area contributed by atoms with Crippen LogP contribution in [0.15, 0.2) is 52.8 Å². The minimum Gasteiger partial charge on any atom is -0.360 e. The largest absolute Gasteiger partial charge is 0.360 e. The van der Waals surface area contributed by atoms with Crippen LogP contribution < -0.4 is 15.5 Å². The van der Waals surface area contributed by atoms with Gasteiger partial charge >= 0.3 is 0 Å². The quantitative estimate of drug-likeness (QED) is 0.331. The van der Waals surface area contributed by atoms with E-state index < -0.39 is 0 Å². The smallest absolute Gasteiger partial charge is 0.241 e. The van der Waals surface area contributed by atoms with Crippen molar-refractivity contribution in [2.75, 3.05) is 50.7 Å². The van der Waals surface area contributed by atoms with Crippen LogP contribution in [0.5, 0.6) is 0 Å². The van der Waals surface area contributed by atoms with Gasteiger partial charge in [-0.25, -0.2) is 4.99 Å². The molecule has 0 radical (unpaired) electrons. The fourth-order valence-corrected chi connectivity index (χ4v) is 3.99. The van der Waals surface area contributed by atoms with Gasteiger partial charge in [0.15, 0.2) is 5.96 Å². The summed E-state index contributed by atoms with van der Waals surface area (Å²) in [5, 5.41) is 9.71. The Labute approximate surface area is 194 Å². The summed E-state index contributed by atoms with van der Waals surface area (Å²) >= 11 is 1.78. The molecule has 0 unspecified atom stereocenters. The van der Waals surface area contributed by atoms with Gasteiger partial charge in [0.1, 0.15) is 6.54 Å². The van der Waals surface area contributed by atoms with Crippen molar-refractivity contribution in [2.24, 2.45) is 4.99 Å². The van der Waals surface area contributed by atoms with Crippen molar-refractivity contribution in [3.05, 3.63) is 53.4 Å². The number of benzene rings is 1. The zero-order valence-electron chi connectivity index (χ0n) is 16.8. The summed E-state index contributed by atoms with van der Waals surface area (Å²) in [5.74, 6) is 0.787. The summed E-state index contributed by atoms with van der Waals surface area (Å²) in [6.45, 7) is 7.37. The molecule has 1 fully saturated rings. The van der Waals surface area contributed by atoms with Gasteiger partial charge in [-0.1, -0.05) is 30.3 Å². The SMILES string of the molecule is CCNC(=NCC(=O)NCCc1ccccc1)N1CCN(c2cccs2)CC1.I. The number of anilines is 1. The second-order valence-corrected chi connectivity index (χ2v) is 7.61. The van der Waals surface area contributed by atoms with Crippen molar-refractivity contribution in [2.45, 2.75) is 13.3 Å². The molecule has 2 heterocycles. The number of carbonyl (C=O) groups excluding carboxylic acids is 1. The lowest BCUT2D eigenvalue weighted by atomic mass is 10.1. The lowest BCUT2D eigenvalue weighted by Gasteiger charge is -2.37. The molecule has 2 aromatic rings. The van der Waals surface area contributed by atoms with E-state index >= 15 is 0 Å². The molecule has 1 saturated heterocycles. The summed E-state index contributed by atoms with van der Waals surface area (Å²) in [6.07, 6.45) is 0.834. The highest BCUT2D eigenvalue weighted by Gasteiger charge is 2.20. The van der Waals surface area contributed by atoms with E-state index in [9.17, 15) is 4.79 Å². The maximum Gasteiger partial charge on any atom is 0.241 e. The van der Waals surface area contributed by atoms with Crippen molar-refractivity contribution in [1.82, 2.24) is 15.5 Å². The van der Waals surface area contributed by atoms with Crippen LogP contribution in [0.3, 0.4) is 0 Å². The molecule has 1 aromatic heterocycles. The molecule has 0 saturated carbocycles. The van der Waals surface area contributed by atoms with Crippen LogP contribution in [0.2, 0.25) is 0 Å². The van der Waals surface area contributed by atoms with Gasteiger partial charge in [0.2, 0.25) is 5.91 Å². The first-order valence-electron chi connectivity index (χ1n) is 9.88. The van der Waals surface area contributed by atoms with Crippen molar-refractivity contribution in [3.8, 4) is 0 Å². The van der Waals surface area contributed by atoms with Crippen LogP contribution in [0, 0.1) is 0 Å². The Kier molecular flexibility index (Phi) is 10.3. The molecule has 0 spiro atoms. The molecular weight excluding hydrogens is 497 g/mol. The van der Waals surface area contributed by atoms with E-state index in [1.807, 2.05) is 18.2 Å². The highest BCUT2D eigenvalue weighted by Crippen LogP contribution is 2.22. The highest BCUT2D eigenvalue weighted by molar-refractivity contribution is 14.0. The van der Waals surface area contributed by atoms with Crippen LogP contribution in [-0.4, -0.2) is 62.6 Å². The molecule has 29 heavy (non-hydrogen) atoms. The first kappa shape index (κ1) is 23.5. The molecule has 1 amide bonds. The fourth-order valence-electron chi connectivity index (χ4n) is 3.21. The molecule has 8 heteroatoms. The molecule has 2 N–H and O–H groups in total. The maximum atomic E-state index is 12.2. The summed E-state index contributed by atoms with van der Waals surface area (Å²) < 4.78 is 0. The van der Waals surface area contributed by atoms with Crippen molar-refractivity contribution in [3.63, 3.8) is 0 Å². The Morgan fingerprint density at radius 2 is 1.83 bits per heavy atom. The molecule has 158 valence electrons. The number of carbonyl (C=O) groups is 1. The minimum atomic E-state index is -0.0384. The van der Waals surface area contributed by atoms with Crippen molar-refractivity contribution >= 4 is 52.2 Å². The first-order chi connectivity index (χ1) is 13.8.